The number of nitrogens with one attached hydrogen (secondary N) is 7. The summed E-state index contributed by atoms with van der Waals surface area (Å²) in [5.74, 6) is -5.48. The van der Waals surface area contributed by atoms with Crippen molar-refractivity contribution in [1.29, 1.82) is 0 Å². The Kier molecular flexibility index (Phi) is 16.8. The Hall–Kier alpha value is -7.30. The highest BCUT2D eigenvalue weighted by atomic mass is 16.6. The number of alkyl carbamates (subject to hydrolysis) is 1. The van der Waals surface area contributed by atoms with Gasteiger partial charge in [-0.1, -0.05) is 115 Å². The van der Waals surface area contributed by atoms with Gasteiger partial charge in [-0.05, 0) is 70.1 Å². The molecule has 2 aliphatic rings. The summed E-state index contributed by atoms with van der Waals surface area (Å²) in [5, 5.41) is 18.8. The number of methoxy groups -OCH3 is 1. The normalized spacial score (nSPS) is 23.6. The number of hydrogen-bond acceptors (Lipinski definition) is 10. The van der Waals surface area contributed by atoms with Crippen molar-refractivity contribution >= 4 is 47.5 Å². The summed E-state index contributed by atoms with van der Waals surface area (Å²) in [6.45, 7) is 6.37. The molecule has 2 heterocycles. The first-order chi connectivity index (χ1) is 31.0. The Labute approximate surface area is 377 Å². The monoisotopic (exact) mass is 891 g/mol. The number of esters is 1. The van der Waals surface area contributed by atoms with Gasteiger partial charge in [-0.3, -0.25) is 28.8 Å². The maximum Gasteiger partial charge on any atom is 0.408 e. The van der Waals surface area contributed by atoms with E-state index in [0.717, 1.165) is 7.11 Å². The first kappa shape index (κ1) is 48.7. The molecule has 17 heteroatoms. The number of amides is 7. The van der Waals surface area contributed by atoms with Crippen LogP contribution < -0.4 is 37.2 Å². The number of benzene rings is 3. The maximum absolute atomic E-state index is 14.6. The van der Waals surface area contributed by atoms with Crippen molar-refractivity contribution in [2.45, 2.75) is 107 Å². The molecule has 0 saturated carbocycles. The third-order valence-corrected chi connectivity index (χ3v) is 10.6. The number of carbonyl (C=O) groups excluding carboxylic acids is 8. The number of carbonyl (C=O) groups is 8. The van der Waals surface area contributed by atoms with Crippen LogP contribution in [0, 0.1) is 0 Å². The molecule has 7 amide bonds. The summed E-state index contributed by atoms with van der Waals surface area (Å²) in [5.41, 5.74) is -0.0497. The van der Waals surface area contributed by atoms with Crippen LogP contribution in [-0.4, -0.2) is 96.5 Å². The van der Waals surface area contributed by atoms with Crippen LogP contribution in [0.1, 0.15) is 76.5 Å². The molecule has 0 spiro atoms. The smallest absolute Gasteiger partial charge is 0.408 e. The van der Waals surface area contributed by atoms with E-state index in [-0.39, 0.29) is 25.7 Å². The van der Waals surface area contributed by atoms with Gasteiger partial charge in [0.1, 0.15) is 47.4 Å². The molecule has 0 radical (unpaired) electrons. The molecule has 5 rings (SSSR count). The molecule has 2 aliphatic heterocycles. The standard InChI is InChI=1S/C48H57N7O10/c1-30-40(57)50-34-25-17-18-28-37(45(62)64-5)52-44(61)38(53-43(60)35(51-42(34)59)26-15-16-27-36(41(58)49-30)54-46(63)65-47(2,3)4)29-39(56)55-48(31-19-9-6-10-20-31,32-21-11-7-12-22-32)33-23-13-8-14-24-33/h6-24,30,34-38H,25-29H2,1-5H3,(H,49,58)(H,50,57)(H,51,59)(H,52,61)(H,53,60)(H,54,63)(H,55,56)/b16-15+,18-17+/t30-,34+,35-,36+,37-,38-/m0/s1. The van der Waals surface area contributed by atoms with Crippen LogP contribution in [-0.2, 0) is 48.6 Å². The van der Waals surface area contributed by atoms with E-state index in [1.807, 2.05) is 91.0 Å². The molecule has 65 heavy (non-hydrogen) atoms. The summed E-state index contributed by atoms with van der Waals surface area (Å²) < 4.78 is 10.3. The molecular formula is C48H57N7O10. The predicted molar refractivity (Wildman–Crippen MR) is 239 cm³/mol. The zero-order valence-electron chi connectivity index (χ0n) is 37.1. The second-order valence-electron chi connectivity index (χ2n) is 16.7. The Morgan fingerprint density at radius 3 is 1.58 bits per heavy atom. The SMILES string of the molecule is COC(=O)[C@@H]1C/C=C/C[C@H]2NC(=O)[C@H](C)NC(=O)[C@H](NC(=O)OC(C)(C)C)C/C=C/C[C@H](NC2=O)C(=O)N[C@@H](CC(=O)NC(c2ccccc2)(c2ccccc2)c2ccccc2)C(=O)N1. The minimum atomic E-state index is -1.61. The largest absolute Gasteiger partial charge is 0.467 e. The van der Waals surface area contributed by atoms with E-state index in [4.69, 9.17) is 9.47 Å². The number of fused-ring (bicyclic) bond motifs is 3. The van der Waals surface area contributed by atoms with Crippen molar-refractivity contribution in [1.82, 2.24) is 37.2 Å². The van der Waals surface area contributed by atoms with Crippen LogP contribution in [0.15, 0.2) is 115 Å². The molecule has 2 bridgehead atoms. The zero-order chi connectivity index (χ0) is 47.1. The van der Waals surface area contributed by atoms with Crippen LogP contribution in [0.4, 0.5) is 4.79 Å². The van der Waals surface area contributed by atoms with Gasteiger partial charge in [-0.15, -0.1) is 0 Å². The summed E-state index contributed by atoms with van der Waals surface area (Å²) >= 11 is 0. The Bertz CT molecular complexity index is 2150. The van der Waals surface area contributed by atoms with Gasteiger partial charge in [-0.25, -0.2) is 9.59 Å². The molecule has 7 N–H and O–H groups in total. The van der Waals surface area contributed by atoms with Crippen LogP contribution in [0.5, 0.6) is 0 Å². The van der Waals surface area contributed by atoms with Crippen LogP contribution in [0.2, 0.25) is 0 Å². The number of rotatable bonds is 8. The second kappa shape index (κ2) is 22.4. The summed E-state index contributed by atoms with van der Waals surface area (Å²) in [6.07, 6.45) is 3.99. The number of ether oxygens (including phenoxy) is 2. The summed E-state index contributed by atoms with van der Waals surface area (Å²) in [6, 6.07) is 19.8. The summed E-state index contributed by atoms with van der Waals surface area (Å²) in [7, 11) is 1.14. The topological polar surface area (TPSA) is 239 Å². The van der Waals surface area contributed by atoms with Gasteiger partial charge in [0.05, 0.1) is 13.5 Å². The molecule has 0 aromatic heterocycles. The van der Waals surface area contributed by atoms with E-state index in [9.17, 15) is 38.4 Å². The van der Waals surface area contributed by atoms with Gasteiger partial charge in [0, 0.05) is 0 Å². The van der Waals surface area contributed by atoms with Gasteiger partial charge in [0.25, 0.3) is 0 Å². The Morgan fingerprint density at radius 2 is 1.08 bits per heavy atom. The average Bonchev–Trinajstić information content (AvgIpc) is 3.28. The molecular weight excluding hydrogens is 835 g/mol. The quantitative estimate of drug-likeness (QED) is 0.0992. The maximum atomic E-state index is 14.6. The molecule has 17 nitrogen and oxygen atoms in total. The van der Waals surface area contributed by atoms with Crippen molar-refractivity contribution < 1.29 is 47.8 Å². The van der Waals surface area contributed by atoms with E-state index in [0.29, 0.717) is 16.7 Å². The minimum absolute atomic E-state index is 0.110. The van der Waals surface area contributed by atoms with Crippen LogP contribution in [0.3, 0.4) is 0 Å². The fourth-order valence-electron chi connectivity index (χ4n) is 7.36. The average molecular weight is 892 g/mol. The lowest BCUT2D eigenvalue weighted by molar-refractivity contribution is -0.145. The van der Waals surface area contributed by atoms with Crippen molar-refractivity contribution in [2.75, 3.05) is 7.11 Å². The molecule has 3 aromatic rings. The Morgan fingerprint density at radius 1 is 0.600 bits per heavy atom. The highest BCUT2D eigenvalue weighted by molar-refractivity contribution is 5.98. The van der Waals surface area contributed by atoms with Crippen LogP contribution in [0.25, 0.3) is 0 Å². The lowest BCUT2D eigenvalue weighted by Gasteiger charge is -2.37. The number of hydrogen-bond donors (Lipinski definition) is 7. The summed E-state index contributed by atoms with van der Waals surface area (Å²) in [4.78, 5) is 110. The van der Waals surface area contributed by atoms with E-state index in [1.165, 1.54) is 31.2 Å². The highest BCUT2D eigenvalue weighted by Crippen LogP contribution is 2.37. The molecule has 0 saturated heterocycles. The minimum Gasteiger partial charge on any atom is -0.467 e. The predicted octanol–water partition coefficient (Wildman–Crippen LogP) is 2.70. The van der Waals surface area contributed by atoms with E-state index in [2.05, 4.69) is 37.2 Å². The lowest BCUT2D eigenvalue weighted by Crippen LogP contribution is -2.60. The fraction of sp³-hybridized carbons (Fsp3) is 0.375. The highest BCUT2D eigenvalue weighted by Gasteiger charge is 2.40. The second-order valence-corrected chi connectivity index (χ2v) is 16.7. The Balaban J connectivity index is 1.53. The molecule has 344 valence electrons. The van der Waals surface area contributed by atoms with Crippen molar-refractivity contribution in [3.05, 3.63) is 132 Å². The van der Waals surface area contributed by atoms with Gasteiger partial charge < -0.3 is 46.7 Å². The molecule has 0 aliphatic carbocycles. The van der Waals surface area contributed by atoms with Crippen molar-refractivity contribution in [2.24, 2.45) is 0 Å². The van der Waals surface area contributed by atoms with Crippen molar-refractivity contribution in [3.8, 4) is 0 Å². The fourth-order valence-corrected chi connectivity index (χ4v) is 7.36. The zero-order valence-corrected chi connectivity index (χ0v) is 37.1. The van der Waals surface area contributed by atoms with E-state index < -0.39 is 101 Å². The van der Waals surface area contributed by atoms with Gasteiger partial charge in [0.2, 0.25) is 35.4 Å². The van der Waals surface area contributed by atoms with Gasteiger partial charge in [0.15, 0.2) is 0 Å². The van der Waals surface area contributed by atoms with E-state index >= 15 is 0 Å². The first-order valence-electron chi connectivity index (χ1n) is 21.4. The van der Waals surface area contributed by atoms with Gasteiger partial charge in [-0.2, -0.15) is 0 Å². The van der Waals surface area contributed by atoms with Crippen LogP contribution >= 0.6 is 0 Å². The molecule has 0 fully saturated rings. The molecule has 3 aromatic carbocycles. The molecule has 0 unspecified atom stereocenters. The van der Waals surface area contributed by atoms with Crippen molar-refractivity contribution in [3.63, 3.8) is 0 Å². The third kappa shape index (κ3) is 13.4. The third-order valence-electron chi connectivity index (χ3n) is 10.6. The lowest BCUT2D eigenvalue weighted by atomic mass is 9.77. The first-order valence-corrected chi connectivity index (χ1v) is 21.4. The van der Waals surface area contributed by atoms with Gasteiger partial charge >= 0.3 is 12.1 Å². The molecule has 6 atom stereocenters. The van der Waals surface area contributed by atoms with E-state index in [1.54, 1.807) is 20.8 Å².